The van der Waals surface area contributed by atoms with Gasteiger partial charge in [-0.3, -0.25) is 4.90 Å². The summed E-state index contributed by atoms with van der Waals surface area (Å²) in [6.45, 7) is 10.7. The molecule has 1 aliphatic heterocycles. The van der Waals surface area contributed by atoms with Gasteiger partial charge in [0.25, 0.3) is 0 Å². The van der Waals surface area contributed by atoms with Crippen molar-refractivity contribution in [1.29, 1.82) is 0 Å². The van der Waals surface area contributed by atoms with Gasteiger partial charge in [0.1, 0.15) is 0 Å². The Balaban J connectivity index is 1.60. The van der Waals surface area contributed by atoms with Gasteiger partial charge in [-0.25, -0.2) is 4.79 Å². The van der Waals surface area contributed by atoms with Crippen molar-refractivity contribution >= 4 is 11.7 Å². The van der Waals surface area contributed by atoms with Crippen LogP contribution < -0.4 is 5.32 Å². The van der Waals surface area contributed by atoms with Gasteiger partial charge < -0.3 is 15.0 Å². The van der Waals surface area contributed by atoms with E-state index >= 15 is 0 Å². The summed E-state index contributed by atoms with van der Waals surface area (Å²) in [5, 5.41) is 14.5. The molecule has 1 aromatic carbocycles. The number of ether oxygens (including phenoxy) is 1. The maximum absolute atomic E-state index is 12.8. The van der Waals surface area contributed by atoms with Crippen molar-refractivity contribution in [2.75, 3.05) is 44.7 Å². The third-order valence-corrected chi connectivity index (χ3v) is 5.06. The van der Waals surface area contributed by atoms with E-state index in [4.69, 9.17) is 4.74 Å². The monoisotopic (exact) mass is 387 g/mol. The molecule has 9 nitrogen and oxygen atoms in total. The number of rotatable bonds is 7. The summed E-state index contributed by atoms with van der Waals surface area (Å²) in [6, 6.07) is 7.81. The van der Waals surface area contributed by atoms with Gasteiger partial charge in [-0.1, -0.05) is 13.0 Å². The van der Waals surface area contributed by atoms with E-state index in [0.717, 1.165) is 50.6 Å². The summed E-state index contributed by atoms with van der Waals surface area (Å²) in [5.74, 6) is 0.692. The van der Waals surface area contributed by atoms with Crippen molar-refractivity contribution in [1.82, 2.24) is 30.0 Å². The average Bonchev–Trinajstić information content (AvgIpc) is 3.14. The Labute approximate surface area is 165 Å². The predicted molar refractivity (Wildman–Crippen MR) is 107 cm³/mol. The Bertz CT molecular complexity index is 779. The number of aromatic nitrogens is 4. The molecule has 3 rings (SSSR count). The molecule has 1 aromatic heterocycles. The van der Waals surface area contributed by atoms with E-state index in [1.54, 1.807) is 4.68 Å². The molecule has 2 aromatic rings. The van der Waals surface area contributed by atoms with Gasteiger partial charge in [0.15, 0.2) is 5.82 Å². The van der Waals surface area contributed by atoms with E-state index in [1.807, 2.05) is 43.0 Å². The van der Waals surface area contributed by atoms with Gasteiger partial charge in [-0.2, -0.15) is 4.68 Å². The second-order valence-corrected chi connectivity index (χ2v) is 6.86. The highest BCUT2D eigenvalue weighted by atomic mass is 16.5. The minimum atomic E-state index is -0.0755. The highest BCUT2D eigenvalue weighted by Gasteiger charge is 2.28. The standard InChI is InChI=1S/C19H29N7O2/c1-4-17-14-25(10-9-24(17)11-12-28-5-2)19(27)20-16-7-6-8-18(13-16)26-15(3)21-22-23-26/h6-8,13,17H,4-5,9-12,14H2,1-3H3,(H,20,27)/t17-/m1/s1. The molecular weight excluding hydrogens is 358 g/mol. The number of aryl methyl sites for hydroxylation is 1. The zero-order valence-corrected chi connectivity index (χ0v) is 16.8. The number of anilines is 1. The smallest absolute Gasteiger partial charge is 0.321 e. The zero-order valence-electron chi connectivity index (χ0n) is 16.8. The number of nitrogens with zero attached hydrogens (tertiary/aromatic N) is 6. The molecule has 28 heavy (non-hydrogen) atoms. The molecule has 0 radical (unpaired) electrons. The molecule has 1 fully saturated rings. The predicted octanol–water partition coefficient (Wildman–Crippen LogP) is 1.94. The summed E-state index contributed by atoms with van der Waals surface area (Å²) in [4.78, 5) is 17.1. The minimum absolute atomic E-state index is 0.0755. The maximum atomic E-state index is 12.8. The minimum Gasteiger partial charge on any atom is -0.380 e. The van der Waals surface area contributed by atoms with E-state index in [2.05, 4.69) is 32.7 Å². The second kappa shape index (κ2) is 9.61. The van der Waals surface area contributed by atoms with Gasteiger partial charge in [0.2, 0.25) is 0 Å². The van der Waals surface area contributed by atoms with Crippen molar-refractivity contribution in [3.05, 3.63) is 30.1 Å². The number of urea groups is 1. The van der Waals surface area contributed by atoms with Gasteiger partial charge in [0.05, 0.1) is 12.3 Å². The number of carbonyl (C=O) groups is 1. The van der Waals surface area contributed by atoms with E-state index in [9.17, 15) is 4.79 Å². The average molecular weight is 387 g/mol. The lowest BCUT2D eigenvalue weighted by molar-refractivity contribution is 0.0545. The van der Waals surface area contributed by atoms with Gasteiger partial charge in [0, 0.05) is 44.5 Å². The fourth-order valence-electron chi connectivity index (χ4n) is 3.47. The molecule has 1 saturated heterocycles. The molecule has 0 saturated carbocycles. The molecule has 2 heterocycles. The lowest BCUT2D eigenvalue weighted by atomic mass is 10.1. The van der Waals surface area contributed by atoms with Crippen molar-refractivity contribution < 1.29 is 9.53 Å². The molecule has 0 aliphatic carbocycles. The lowest BCUT2D eigenvalue weighted by Crippen LogP contribution is -2.56. The summed E-state index contributed by atoms with van der Waals surface area (Å²) >= 11 is 0. The van der Waals surface area contributed by atoms with Gasteiger partial charge >= 0.3 is 6.03 Å². The molecule has 152 valence electrons. The highest BCUT2D eigenvalue weighted by Crippen LogP contribution is 2.17. The van der Waals surface area contributed by atoms with Crippen LogP contribution in [-0.2, 0) is 4.74 Å². The van der Waals surface area contributed by atoms with Crippen LogP contribution in [0.25, 0.3) is 5.69 Å². The summed E-state index contributed by atoms with van der Waals surface area (Å²) in [5.41, 5.74) is 1.54. The molecular formula is C19H29N7O2. The van der Waals surface area contributed by atoms with Gasteiger partial charge in [-0.05, 0) is 48.9 Å². The van der Waals surface area contributed by atoms with E-state index in [1.165, 1.54) is 0 Å². The van der Waals surface area contributed by atoms with E-state index < -0.39 is 0 Å². The fraction of sp³-hybridized carbons (Fsp3) is 0.579. The van der Waals surface area contributed by atoms with Crippen LogP contribution >= 0.6 is 0 Å². The number of amides is 2. The lowest BCUT2D eigenvalue weighted by Gasteiger charge is -2.41. The fourth-order valence-corrected chi connectivity index (χ4v) is 3.47. The number of tetrazole rings is 1. The molecule has 9 heteroatoms. The first kappa shape index (κ1) is 20.2. The van der Waals surface area contributed by atoms with Crippen LogP contribution in [-0.4, -0.2) is 81.5 Å². The summed E-state index contributed by atoms with van der Waals surface area (Å²) in [6.07, 6.45) is 1.00. The number of piperazine rings is 1. The number of hydrogen-bond acceptors (Lipinski definition) is 6. The van der Waals surface area contributed by atoms with E-state index in [-0.39, 0.29) is 6.03 Å². The van der Waals surface area contributed by atoms with Crippen molar-refractivity contribution in [2.45, 2.75) is 33.2 Å². The van der Waals surface area contributed by atoms with Crippen molar-refractivity contribution in [3.8, 4) is 5.69 Å². The van der Waals surface area contributed by atoms with E-state index in [0.29, 0.717) is 18.4 Å². The topological polar surface area (TPSA) is 88.4 Å². The normalized spacial score (nSPS) is 17.7. The van der Waals surface area contributed by atoms with Crippen molar-refractivity contribution in [2.24, 2.45) is 0 Å². The van der Waals surface area contributed by atoms with Crippen LogP contribution in [0.3, 0.4) is 0 Å². The number of benzene rings is 1. The molecule has 0 spiro atoms. The maximum Gasteiger partial charge on any atom is 0.321 e. The number of hydrogen-bond donors (Lipinski definition) is 1. The first-order chi connectivity index (χ1) is 13.6. The Morgan fingerprint density at radius 1 is 1.32 bits per heavy atom. The zero-order chi connectivity index (χ0) is 19.9. The number of carbonyl (C=O) groups excluding carboxylic acids is 1. The molecule has 1 aliphatic rings. The summed E-state index contributed by atoms with van der Waals surface area (Å²) < 4.78 is 7.12. The molecule has 0 bridgehead atoms. The van der Waals surface area contributed by atoms with Gasteiger partial charge in [-0.15, -0.1) is 5.10 Å². The third-order valence-electron chi connectivity index (χ3n) is 5.06. The Morgan fingerprint density at radius 2 is 2.18 bits per heavy atom. The Hall–Kier alpha value is -2.52. The molecule has 1 N–H and O–H groups in total. The molecule has 0 unspecified atom stereocenters. The van der Waals surface area contributed by atoms with Crippen LogP contribution in [0, 0.1) is 6.92 Å². The second-order valence-electron chi connectivity index (χ2n) is 6.86. The summed E-state index contributed by atoms with van der Waals surface area (Å²) in [7, 11) is 0. The van der Waals surface area contributed by atoms with Crippen molar-refractivity contribution in [3.63, 3.8) is 0 Å². The third kappa shape index (κ3) is 4.85. The van der Waals surface area contributed by atoms with Crippen LogP contribution in [0.15, 0.2) is 24.3 Å². The highest BCUT2D eigenvalue weighted by molar-refractivity contribution is 5.89. The SMILES string of the molecule is CCOCCN1CCN(C(=O)Nc2cccc(-n3nnnc3C)c2)C[C@H]1CC. The Morgan fingerprint density at radius 3 is 2.89 bits per heavy atom. The first-order valence-corrected chi connectivity index (χ1v) is 9.85. The van der Waals surface area contributed by atoms with Crippen LogP contribution in [0.4, 0.5) is 10.5 Å². The first-order valence-electron chi connectivity index (χ1n) is 9.85. The van der Waals surface area contributed by atoms with Crippen LogP contribution in [0.2, 0.25) is 0 Å². The van der Waals surface area contributed by atoms with Crippen LogP contribution in [0.1, 0.15) is 26.1 Å². The van der Waals surface area contributed by atoms with Crippen LogP contribution in [0.5, 0.6) is 0 Å². The Kier molecular flexibility index (Phi) is 6.94. The quantitative estimate of drug-likeness (QED) is 0.731. The largest absolute Gasteiger partial charge is 0.380 e. The molecule has 1 atom stereocenters. The molecule has 2 amide bonds. The number of nitrogens with one attached hydrogen (secondary N) is 1.